The van der Waals surface area contributed by atoms with Crippen molar-refractivity contribution in [3.8, 4) is 0 Å². The average molecular weight is 386 g/mol. The van der Waals surface area contributed by atoms with Crippen molar-refractivity contribution in [2.45, 2.75) is 30.2 Å². The predicted octanol–water partition coefficient (Wildman–Crippen LogP) is 4.38. The number of halogens is 1. The number of nitrogens with one attached hydrogen (secondary N) is 1. The lowest BCUT2D eigenvalue weighted by Crippen LogP contribution is -2.30. The minimum absolute atomic E-state index is 0.00704. The molecule has 0 saturated heterocycles. The van der Waals surface area contributed by atoms with Crippen molar-refractivity contribution in [1.29, 1.82) is 0 Å². The van der Waals surface area contributed by atoms with Crippen molar-refractivity contribution in [2.24, 2.45) is 0 Å². The molecule has 3 aromatic rings. The van der Waals surface area contributed by atoms with Crippen LogP contribution in [0.3, 0.4) is 0 Å². The molecule has 0 aliphatic rings. The molecule has 3 rings (SSSR count). The molecule has 0 radical (unpaired) electrons. The Morgan fingerprint density at radius 2 is 2.00 bits per heavy atom. The molecule has 1 atom stereocenters. The van der Waals surface area contributed by atoms with Gasteiger partial charge in [-0.2, -0.15) is 5.10 Å². The molecular formula is C20H20ClN3OS. The third kappa shape index (κ3) is 5.13. The van der Waals surface area contributed by atoms with Gasteiger partial charge in [-0.15, -0.1) is 11.8 Å². The zero-order chi connectivity index (χ0) is 18.4. The summed E-state index contributed by atoms with van der Waals surface area (Å²) in [4.78, 5) is 13.3. The van der Waals surface area contributed by atoms with Gasteiger partial charge in [0.1, 0.15) is 0 Å². The molecule has 1 aromatic heterocycles. The molecular weight excluding hydrogens is 366 g/mol. The quantitative estimate of drug-likeness (QED) is 0.614. The molecule has 1 N–H and O–H groups in total. The van der Waals surface area contributed by atoms with E-state index in [2.05, 4.69) is 22.5 Å². The first kappa shape index (κ1) is 18.5. The summed E-state index contributed by atoms with van der Waals surface area (Å²) in [6, 6.07) is 17.6. The molecule has 0 spiro atoms. The lowest BCUT2D eigenvalue weighted by molar-refractivity contribution is -0.120. The molecule has 2 aromatic carbocycles. The van der Waals surface area contributed by atoms with Gasteiger partial charge in [0.15, 0.2) is 0 Å². The van der Waals surface area contributed by atoms with Crippen molar-refractivity contribution in [2.75, 3.05) is 0 Å². The van der Waals surface area contributed by atoms with Crippen molar-refractivity contribution >= 4 is 29.3 Å². The number of nitrogens with zero attached hydrogens (tertiary/aromatic N) is 2. The summed E-state index contributed by atoms with van der Waals surface area (Å²) in [5.41, 5.74) is 2.22. The summed E-state index contributed by atoms with van der Waals surface area (Å²) in [6.07, 6.45) is 3.70. The van der Waals surface area contributed by atoms with Crippen molar-refractivity contribution < 1.29 is 4.79 Å². The molecule has 1 heterocycles. The maximum absolute atomic E-state index is 12.4. The second-order valence-corrected chi connectivity index (χ2v) is 7.72. The zero-order valence-electron chi connectivity index (χ0n) is 14.4. The molecule has 4 nitrogen and oxygen atoms in total. The van der Waals surface area contributed by atoms with Crippen LogP contribution in [0.1, 0.15) is 18.1 Å². The van der Waals surface area contributed by atoms with Crippen LogP contribution in [0.15, 0.2) is 71.9 Å². The van der Waals surface area contributed by atoms with E-state index in [1.54, 1.807) is 6.20 Å². The molecule has 0 aliphatic heterocycles. The van der Waals surface area contributed by atoms with E-state index < -0.39 is 0 Å². The smallest absolute Gasteiger partial charge is 0.233 e. The van der Waals surface area contributed by atoms with Crippen LogP contribution in [0, 0.1) is 0 Å². The summed E-state index contributed by atoms with van der Waals surface area (Å²) in [7, 11) is 0. The largest absolute Gasteiger partial charge is 0.351 e. The monoisotopic (exact) mass is 385 g/mol. The molecule has 0 saturated carbocycles. The van der Waals surface area contributed by atoms with Crippen LogP contribution in [-0.4, -0.2) is 20.9 Å². The first-order valence-electron chi connectivity index (χ1n) is 8.36. The summed E-state index contributed by atoms with van der Waals surface area (Å²) in [5, 5.41) is 7.67. The summed E-state index contributed by atoms with van der Waals surface area (Å²) >= 11 is 7.63. The lowest BCUT2D eigenvalue weighted by atomic mass is 10.1. The fourth-order valence-corrected chi connectivity index (χ4v) is 3.71. The van der Waals surface area contributed by atoms with Crippen LogP contribution in [0.2, 0.25) is 5.02 Å². The van der Waals surface area contributed by atoms with E-state index in [-0.39, 0.29) is 11.2 Å². The van der Waals surface area contributed by atoms with E-state index >= 15 is 0 Å². The standard InChI is InChI=1S/C20H20ClN3OS/c1-15(26-19-9-3-2-8-18(19)21)20(25)22-13-16-6-4-7-17(12-16)14-24-11-5-10-23-24/h2-12,15H,13-14H2,1H3,(H,22,25). The Morgan fingerprint density at radius 1 is 1.19 bits per heavy atom. The first-order chi connectivity index (χ1) is 12.6. The van der Waals surface area contributed by atoms with Crippen molar-refractivity contribution in [3.05, 3.63) is 83.1 Å². The molecule has 0 bridgehead atoms. The molecule has 1 amide bonds. The van der Waals surface area contributed by atoms with E-state index in [0.717, 1.165) is 16.0 Å². The van der Waals surface area contributed by atoms with E-state index in [4.69, 9.17) is 11.6 Å². The Morgan fingerprint density at radius 3 is 2.77 bits per heavy atom. The van der Waals surface area contributed by atoms with Crippen LogP contribution >= 0.6 is 23.4 Å². The minimum Gasteiger partial charge on any atom is -0.351 e. The second-order valence-electron chi connectivity index (χ2n) is 5.93. The molecule has 1 unspecified atom stereocenters. The highest BCUT2D eigenvalue weighted by atomic mass is 35.5. The highest BCUT2D eigenvalue weighted by Gasteiger charge is 2.15. The van der Waals surface area contributed by atoms with Crippen molar-refractivity contribution in [1.82, 2.24) is 15.1 Å². The Bertz CT molecular complexity index is 867. The normalized spacial score (nSPS) is 11.9. The number of benzene rings is 2. The number of hydrogen-bond acceptors (Lipinski definition) is 3. The number of rotatable bonds is 7. The topological polar surface area (TPSA) is 46.9 Å². The van der Waals surface area contributed by atoms with Gasteiger partial charge >= 0.3 is 0 Å². The lowest BCUT2D eigenvalue weighted by Gasteiger charge is -2.13. The van der Waals surface area contributed by atoms with E-state index in [0.29, 0.717) is 18.1 Å². The van der Waals surface area contributed by atoms with Gasteiger partial charge in [0.25, 0.3) is 0 Å². The van der Waals surface area contributed by atoms with Crippen molar-refractivity contribution in [3.63, 3.8) is 0 Å². The van der Waals surface area contributed by atoms with Gasteiger partial charge in [-0.05, 0) is 36.2 Å². The van der Waals surface area contributed by atoms with E-state index in [1.807, 2.05) is 60.3 Å². The van der Waals surface area contributed by atoms with Gasteiger partial charge < -0.3 is 5.32 Å². The molecule has 134 valence electrons. The van der Waals surface area contributed by atoms with Crippen LogP contribution < -0.4 is 5.32 Å². The van der Waals surface area contributed by atoms with Gasteiger partial charge in [-0.1, -0.05) is 48.0 Å². The molecule has 6 heteroatoms. The summed E-state index contributed by atoms with van der Waals surface area (Å²) in [6.45, 7) is 3.10. The van der Waals surface area contributed by atoms with Gasteiger partial charge in [0.05, 0.1) is 16.8 Å². The number of carbonyl (C=O) groups excluding carboxylic acids is 1. The van der Waals surface area contributed by atoms with Crippen LogP contribution in [0.25, 0.3) is 0 Å². The number of amides is 1. The Balaban J connectivity index is 1.54. The van der Waals surface area contributed by atoms with Crippen LogP contribution in [0.4, 0.5) is 0 Å². The maximum atomic E-state index is 12.4. The fourth-order valence-electron chi connectivity index (χ4n) is 2.54. The number of hydrogen-bond donors (Lipinski definition) is 1. The van der Waals surface area contributed by atoms with E-state index in [1.165, 1.54) is 11.8 Å². The third-order valence-electron chi connectivity index (χ3n) is 3.87. The first-order valence-corrected chi connectivity index (χ1v) is 9.62. The van der Waals surface area contributed by atoms with Gasteiger partial charge in [-0.25, -0.2) is 0 Å². The summed E-state index contributed by atoms with van der Waals surface area (Å²) < 4.78 is 1.88. The highest BCUT2D eigenvalue weighted by Crippen LogP contribution is 2.30. The number of carbonyl (C=O) groups is 1. The minimum atomic E-state index is -0.220. The second kappa shape index (κ2) is 8.92. The average Bonchev–Trinajstić information content (AvgIpc) is 3.15. The number of aromatic nitrogens is 2. The van der Waals surface area contributed by atoms with Crippen LogP contribution in [-0.2, 0) is 17.9 Å². The van der Waals surface area contributed by atoms with E-state index in [9.17, 15) is 4.79 Å². The van der Waals surface area contributed by atoms with Gasteiger partial charge in [-0.3, -0.25) is 9.48 Å². The molecule has 0 fully saturated rings. The van der Waals surface area contributed by atoms with Gasteiger partial charge in [0, 0.05) is 23.8 Å². The number of thioether (sulfide) groups is 1. The predicted molar refractivity (Wildman–Crippen MR) is 106 cm³/mol. The Hall–Kier alpha value is -2.24. The third-order valence-corrected chi connectivity index (χ3v) is 5.49. The molecule has 0 aliphatic carbocycles. The van der Waals surface area contributed by atoms with Gasteiger partial charge in [0.2, 0.25) is 5.91 Å². The maximum Gasteiger partial charge on any atom is 0.233 e. The van der Waals surface area contributed by atoms with Crippen LogP contribution in [0.5, 0.6) is 0 Å². The Labute approximate surface area is 162 Å². The fraction of sp³-hybridized carbons (Fsp3) is 0.200. The SMILES string of the molecule is CC(Sc1ccccc1Cl)C(=O)NCc1cccc(Cn2cccn2)c1. The zero-order valence-corrected chi connectivity index (χ0v) is 16.0. The molecule has 26 heavy (non-hydrogen) atoms. The Kier molecular flexibility index (Phi) is 6.36. The highest BCUT2D eigenvalue weighted by molar-refractivity contribution is 8.00. The summed E-state index contributed by atoms with van der Waals surface area (Å²) in [5.74, 6) is -0.00704.